The number of carboxylic acids is 1. The Morgan fingerprint density at radius 1 is 1.06 bits per heavy atom. The monoisotopic (exact) mass is 487 g/mol. The minimum absolute atomic E-state index is 0.137. The number of methoxy groups -OCH3 is 2. The number of hydrogen-bond acceptors (Lipinski definition) is 7. The van der Waals surface area contributed by atoms with Crippen LogP contribution in [0.5, 0.6) is 11.5 Å². The van der Waals surface area contributed by atoms with E-state index in [0.29, 0.717) is 17.1 Å². The fourth-order valence-corrected chi connectivity index (χ4v) is 4.70. The molecule has 0 spiro atoms. The minimum atomic E-state index is -3.98. The van der Waals surface area contributed by atoms with Gasteiger partial charge in [0, 0.05) is 27.6 Å². The molecule has 33 heavy (non-hydrogen) atoms. The normalized spacial score (nSPS) is 11.5. The van der Waals surface area contributed by atoms with Crippen molar-refractivity contribution >= 4 is 39.2 Å². The van der Waals surface area contributed by atoms with Gasteiger partial charge in [0.15, 0.2) is 5.78 Å². The number of carbonyl (C=O) groups is 2. The van der Waals surface area contributed by atoms with Gasteiger partial charge in [0.05, 0.1) is 19.1 Å². The van der Waals surface area contributed by atoms with Gasteiger partial charge in [-0.15, -0.1) is 11.3 Å². The van der Waals surface area contributed by atoms with Crippen molar-refractivity contribution in [2.24, 2.45) is 0 Å². The number of sulfonamides is 1. The van der Waals surface area contributed by atoms with Crippen molar-refractivity contribution in [3.63, 3.8) is 0 Å². The number of thiophene rings is 1. The number of carboxylic acid groups (broad SMARTS) is 1. The molecule has 2 N–H and O–H groups in total. The average Bonchev–Trinajstić information content (AvgIpc) is 3.35. The summed E-state index contributed by atoms with van der Waals surface area (Å²) in [5.41, 5.74) is 1.81. The Kier molecular flexibility index (Phi) is 7.64. The topological polar surface area (TPSA) is 119 Å². The van der Waals surface area contributed by atoms with Crippen LogP contribution in [0.3, 0.4) is 0 Å². The third-order valence-electron chi connectivity index (χ3n) is 4.62. The van der Waals surface area contributed by atoms with E-state index >= 15 is 0 Å². The summed E-state index contributed by atoms with van der Waals surface area (Å²) in [6.07, 6.45) is 2.99. The van der Waals surface area contributed by atoms with E-state index < -0.39 is 22.5 Å². The Bertz CT molecular complexity index is 1280. The molecule has 2 aromatic carbocycles. The fourth-order valence-electron chi connectivity index (χ4n) is 2.98. The number of aliphatic carboxylic acids is 1. The van der Waals surface area contributed by atoms with E-state index in [1.807, 2.05) is 28.3 Å². The molecule has 1 heterocycles. The number of benzene rings is 2. The van der Waals surface area contributed by atoms with Crippen LogP contribution in [0, 0.1) is 0 Å². The predicted molar refractivity (Wildman–Crippen MR) is 125 cm³/mol. The number of nitrogens with one attached hydrogen (secondary N) is 1. The number of allylic oxidation sites excluding steroid dienone is 1. The Balaban J connectivity index is 1.84. The molecule has 0 bridgehead atoms. The first-order chi connectivity index (χ1) is 15.7. The molecule has 8 nitrogen and oxygen atoms in total. The van der Waals surface area contributed by atoms with Gasteiger partial charge in [-0.25, -0.2) is 8.42 Å². The molecule has 10 heteroatoms. The van der Waals surface area contributed by atoms with Gasteiger partial charge in [-0.2, -0.15) is 4.72 Å². The number of hydrogen-bond donors (Lipinski definition) is 2. The fraction of sp³-hybridized carbons (Fsp3) is 0.130. The van der Waals surface area contributed by atoms with E-state index in [-0.39, 0.29) is 16.2 Å². The van der Waals surface area contributed by atoms with E-state index in [1.54, 1.807) is 30.6 Å². The molecule has 3 aromatic rings. The summed E-state index contributed by atoms with van der Waals surface area (Å²) < 4.78 is 37.0. The molecule has 0 fully saturated rings. The standard InChI is InChI=1S/C23H21NO7S2/c1-30-20-13-21(31-2)18(22-4-3-11-32-22)12-16(20)7-10-19(25)15-5-8-17(9-6-15)33(28,29)24-14-23(26)27/h3-13,24H,14H2,1-2H3,(H,26,27)/b10-7+. The zero-order valence-corrected chi connectivity index (χ0v) is 19.4. The van der Waals surface area contributed by atoms with Gasteiger partial charge in [0.1, 0.15) is 18.0 Å². The lowest BCUT2D eigenvalue weighted by Crippen LogP contribution is -2.29. The molecule has 3 rings (SSSR count). The Morgan fingerprint density at radius 2 is 1.76 bits per heavy atom. The van der Waals surface area contributed by atoms with Gasteiger partial charge in [0.25, 0.3) is 0 Å². The highest BCUT2D eigenvalue weighted by atomic mass is 32.2. The van der Waals surface area contributed by atoms with Crippen molar-refractivity contribution in [2.45, 2.75) is 4.90 Å². The number of ketones is 1. The van der Waals surface area contributed by atoms with Gasteiger partial charge >= 0.3 is 5.97 Å². The van der Waals surface area contributed by atoms with Gasteiger partial charge in [0.2, 0.25) is 10.0 Å². The molecule has 0 saturated heterocycles. The van der Waals surface area contributed by atoms with Gasteiger partial charge in [-0.3, -0.25) is 9.59 Å². The van der Waals surface area contributed by atoms with Crippen LogP contribution >= 0.6 is 11.3 Å². The molecule has 172 valence electrons. The zero-order valence-electron chi connectivity index (χ0n) is 17.8. The second-order valence-electron chi connectivity index (χ2n) is 6.71. The summed E-state index contributed by atoms with van der Waals surface area (Å²) in [5, 5.41) is 10.6. The smallest absolute Gasteiger partial charge is 0.318 e. The van der Waals surface area contributed by atoms with Crippen molar-refractivity contribution in [2.75, 3.05) is 20.8 Å². The number of rotatable bonds is 10. The number of carbonyl (C=O) groups excluding carboxylic acids is 1. The summed E-state index contributed by atoms with van der Waals surface area (Å²) in [4.78, 5) is 24.1. The lowest BCUT2D eigenvalue weighted by atomic mass is 10.0. The Hall–Kier alpha value is -3.47. The van der Waals surface area contributed by atoms with Crippen molar-refractivity contribution < 1.29 is 32.6 Å². The average molecular weight is 488 g/mol. The lowest BCUT2D eigenvalue weighted by Gasteiger charge is -2.12. The first-order valence-electron chi connectivity index (χ1n) is 9.59. The second kappa shape index (κ2) is 10.4. The predicted octanol–water partition coefficient (Wildman–Crippen LogP) is 3.69. The quantitative estimate of drug-likeness (QED) is 0.331. The maximum Gasteiger partial charge on any atom is 0.318 e. The largest absolute Gasteiger partial charge is 0.496 e. The SMILES string of the molecule is COc1cc(OC)c(-c2cccs2)cc1/C=C/C(=O)c1ccc(S(=O)(=O)NCC(=O)O)cc1. The van der Waals surface area contributed by atoms with Gasteiger partial charge < -0.3 is 14.6 Å². The van der Waals surface area contributed by atoms with Crippen molar-refractivity contribution in [1.82, 2.24) is 4.72 Å². The third kappa shape index (κ3) is 5.86. The molecular weight excluding hydrogens is 466 g/mol. The molecule has 0 radical (unpaired) electrons. The molecule has 0 atom stereocenters. The summed E-state index contributed by atoms with van der Waals surface area (Å²) in [6, 6.07) is 12.7. The van der Waals surface area contributed by atoms with Crippen LogP contribution in [0.2, 0.25) is 0 Å². The van der Waals surface area contributed by atoms with E-state index in [1.165, 1.54) is 37.5 Å². The highest BCUT2D eigenvalue weighted by Crippen LogP contribution is 2.38. The zero-order chi connectivity index (χ0) is 24.0. The van der Waals surface area contributed by atoms with Crippen LogP contribution in [0.25, 0.3) is 16.5 Å². The highest BCUT2D eigenvalue weighted by molar-refractivity contribution is 7.89. The first kappa shape index (κ1) is 24.2. The molecule has 0 saturated carbocycles. The van der Waals surface area contributed by atoms with Crippen LogP contribution in [0.4, 0.5) is 0 Å². The first-order valence-corrected chi connectivity index (χ1v) is 12.0. The Labute approximate surface area is 195 Å². The summed E-state index contributed by atoms with van der Waals surface area (Å²) >= 11 is 1.56. The van der Waals surface area contributed by atoms with E-state index in [9.17, 15) is 18.0 Å². The van der Waals surface area contributed by atoms with Crippen LogP contribution in [-0.2, 0) is 14.8 Å². The van der Waals surface area contributed by atoms with E-state index in [0.717, 1.165) is 10.4 Å². The van der Waals surface area contributed by atoms with Crippen molar-refractivity contribution in [3.05, 3.63) is 71.1 Å². The maximum absolute atomic E-state index is 12.6. The van der Waals surface area contributed by atoms with Crippen LogP contribution in [-0.4, -0.2) is 46.0 Å². The van der Waals surface area contributed by atoms with Crippen molar-refractivity contribution in [1.29, 1.82) is 0 Å². The van der Waals surface area contributed by atoms with Crippen molar-refractivity contribution in [3.8, 4) is 21.9 Å². The molecule has 0 aliphatic rings. The third-order valence-corrected chi connectivity index (χ3v) is 6.94. The minimum Gasteiger partial charge on any atom is -0.496 e. The van der Waals surface area contributed by atoms with Crippen LogP contribution in [0.15, 0.2) is 64.9 Å². The summed E-state index contributed by atoms with van der Waals surface area (Å²) in [5.74, 6) is -0.465. The van der Waals surface area contributed by atoms with Gasteiger partial charge in [-0.1, -0.05) is 6.07 Å². The molecule has 0 amide bonds. The lowest BCUT2D eigenvalue weighted by molar-refractivity contribution is -0.135. The Morgan fingerprint density at radius 3 is 2.33 bits per heavy atom. The number of ether oxygens (including phenoxy) is 2. The maximum atomic E-state index is 12.6. The van der Waals surface area contributed by atoms with Gasteiger partial charge in [-0.05, 0) is 53.9 Å². The highest BCUT2D eigenvalue weighted by Gasteiger charge is 2.16. The molecule has 1 aromatic heterocycles. The molecule has 0 unspecified atom stereocenters. The summed E-state index contributed by atoms with van der Waals surface area (Å²) in [6.45, 7) is -0.733. The second-order valence-corrected chi connectivity index (χ2v) is 9.43. The van der Waals surface area contributed by atoms with Crippen LogP contribution in [0.1, 0.15) is 15.9 Å². The molecular formula is C23H21NO7S2. The summed E-state index contributed by atoms with van der Waals surface area (Å²) in [7, 11) is -0.883. The van der Waals surface area contributed by atoms with E-state index in [4.69, 9.17) is 14.6 Å². The van der Waals surface area contributed by atoms with E-state index in [2.05, 4.69) is 0 Å². The van der Waals surface area contributed by atoms with Crippen LogP contribution < -0.4 is 14.2 Å². The molecule has 0 aliphatic carbocycles. The molecule has 0 aliphatic heterocycles.